The highest BCUT2D eigenvalue weighted by atomic mass is 16.6. The lowest BCUT2D eigenvalue weighted by atomic mass is 9.96. The molecule has 47 heavy (non-hydrogen) atoms. The third kappa shape index (κ3) is 3.87. The molecule has 14 heteroatoms. The van der Waals surface area contributed by atoms with Crippen molar-refractivity contribution < 1.29 is 49.8 Å². The number of nitrogens with one attached hydrogen (secondary N) is 2. The van der Waals surface area contributed by atoms with Crippen molar-refractivity contribution in [1.29, 1.82) is 0 Å². The number of amides is 3. The third-order valence-corrected chi connectivity index (χ3v) is 9.01. The molecule has 6 aromatic rings. The molecule has 8 rings (SSSR count). The zero-order chi connectivity index (χ0) is 32.9. The van der Waals surface area contributed by atoms with Crippen LogP contribution in [0.1, 0.15) is 37.3 Å². The van der Waals surface area contributed by atoms with E-state index in [1.54, 1.807) is 36.4 Å². The molecular formula is C33H26N4O10. The molecule has 4 aromatic carbocycles. The van der Waals surface area contributed by atoms with Crippen LogP contribution in [0.5, 0.6) is 11.5 Å². The van der Waals surface area contributed by atoms with Crippen molar-refractivity contribution in [2.45, 2.75) is 30.6 Å². The minimum Gasteiger partial charge on any atom is -0.506 e. The summed E-state index contributed by atoms with van der Waals surface area (Å²) in [7, 11) is 0. The van der Waals surface area contributed by atoms with E-state index in [-0.39, 0.29) is 66.4 Å². The number of phenols is 2. The number of phenolic OH excluding ortho intramolecular Hbond substituents is 2. The standard InChI is InChI=1S/C33H26N4O10/c38-12-18-27(41)28(42)29(43)33(47-18)36-25-15(9-5-11-17(25)40)20-22-21(19-14-8-4-10-16(39)23(14)34-24(19)26(20)36)31(45)37(32(22)46)35-30(44)13-6-2-1-3-7-13/h1-11,18,27-29,33-34,38-43H,12H2,(H,35,44)/t18-,27-,28+,29-,33-/m1/s1. The zero-order valence-electron chi connectivity index (χ0n) is 24.2. The molecular weight excluding hydrogens is 612 g/mol. The molecule has 1 fully saturated rings. The van der Waals surface area contributed by atoms with Crippen LogP contribution in [0.4, 0.5) is 0 Å². The van der Waals surface area contributed by atoms with Crippen LogP contribution >= 0.6 is 0 Å². The number of aromatic hydroxyl groups is 2. The minimum absolute atomic E-state index is 0.0384. The Bertz CT molecular complexity index is 2310. The van der Waals surface area contributed by atoms with Crippen LogP contribution in [-0.4, -0.2) is 93.9 Å². The number of hydrogen-bond donors (Lipinski definition) is 8. The lowest BCUT2D eigenvalue weighted by Crippen LogP contribution is -2.56. The first-order valence-corrected chi connectivity index (χ1v) is 14.6. The topological polar surface area (TPSA) is 218 Å². The molecule has 238 valence electrons. The van der Waals surface area contributed by atoms with Crippen molar-refractivity contribution in [2.75, 3.05) is 6.61 Å². The number of fused-ring (bicyclic) bond motifs is 10. The fraction of sp³-hybridized carbons (Fsp3) is 0.182. The summed E-state index contributed by atoms with van der Waals surface area (Å²) < 4.78 is 7.28. The van der Waals surface area contributed by atoms with Gasteiger partial charge >= 0.3 is 0 Å². The van der Waals surface area contributed by atoms with Gasteiger partial charge in [0.2, 0.25) is 0 Å². The molecule has 2 aromatic heterocycles. The van der Waals surface area contributed by atoms with Gasteiger partial charge in [-0.3, -0.25) is 19.8 Å². The molecule has 0 unspecified atom stereocenters. The Balaban J connectivity index is 1.49. The Hall–Kier alpha value is -5.51. The first-order chi connectivity index (χ1) is 22.6. The van der Waals surface area contributed by atoms with Crippen LogP contribution in [0.15, 0.2) is 66.7 Å². The van der Waals surface area contributed by atoms with Gasteiger partial charge in [-0.05, 0) is 24.3 Å². The maximum Gasteiger partial charge on any atom is 0.281 e. The molecule has 0 spiro atoms. The first-order valence-electron chi connectivity index (χ1n) is 14.6. The van der Waals surface area contributed by atoms with Crippen LogP contribution in [0, 0.1) is 0 Å². The van der Waals surface area contributed by atoms with Crippen molar-refractivity contribution in [2.24, 2.45) is 0 Å². The number of ether oxygens (including phenoxy) is 1. The van der Waals surface area contributed by atoms with Gasteiger partial charge in [-0.2, -0.15) is 5.01 Å². The van der Waals surface area contributed by atoms with Gasteiger partial charge in [0.15, 0.2) is 6.23 Å². The summed E-state index contributed by atoms with van der Waals surface area (Å²) >= 11 is 0. The van der Waals surface area contributed by atoms with Crippen LogP contribution in [0.3, 0.4) is 0 Å². The SMILES string of the molecule is O=C(NN1C(=O)c2c(c3c4cccc(O)c4n([C@@H]4O[C@H](CO)[C@@H](O)[C@H](O)[C@H]4O)c3c3[nH]c4c(O)cccc4c23)C1=O)c1ccccc1. The Morgan fingerprint density at radius 1 is 0.766 bits per heavy atom. The van der Waals surface area contributed by atoms with Crippen LogP contribution < -0.4 is 5.43 Å². The smallest absolute Gasteiger partial charge is 0.281 e. The molecule has 2 aliphatic rings. The molecule has 8 N–H and O–H groups in total. The van der Waals surface area contributed by atoms with Gasteiger partial charge < -0.3 is 44.9 Å². The number of aliphatic hydroxyl groups excluding tert-OH is 4. The molecule has 5 atom stereocenters. The molecule has 14 nitrogen and oxygen atoms in total. The number of H-pyrrole nitrogens is 1. The number of hydrogen-bond acceptors (Lipinski definition) is 10. The van der Waals surface area contributed by atoms with E-state index in [9.17, 15) is 45.0 Å². The number of carbonyl (C=O) groups excluding carboxylic acids is 3. The van der Waals surface area contributed by atoms with Crippen LogP contribution in [0.2, 0.25) is 0 Å². The van der Waals surface area contributed by atoms with Crippen molar-refractivity contribution in [3.8, 4) is 11.5 Å². The quantitative estimate of drug-likeness (QED) is 0.131. The molecule has 4 heterocycles. The molecule has 0 aliphatic carbocycles. The number of para-hydroxylation sites is 2. The van der Waals surface area contributed by atoms with Crippen molar-refractivity contribution in [3.05, 3.63) is 83.4 Å². The average Bonchev–Trinajstić information content (AvgIpc) is 3.70. The molecule has 0 bridgehead atoms. The van der Waals surface area contributed by atoms with Gasteiger partial charge in [-0.1, -0.05) is 42.5 Å². The summed E-state index contributed by atoms with van der Waals surface area (Å²) in [6.45, 7) is -0.724. The van der Waals surface area contributed by atoms with E-state index in [2.05, 4.69) is 10.4 Å². The summed E-state index contributed by atoms with van der Waals surface area (Å²) in [6.07, 6.45) is -8.12. The molecule has 2 aliphatic heterocycles. The average molecular weight is 639 g/mol. The number of carbonyl (C=O) groups is 3. The highest BCUT2D eigenvalue weighted by molar-refractivity contribution is 6.39. The van der Waals surface area contributed by atoms with Gasteiger partial charge in [-0.25, -0.2) is 0 Å². The zero-order valence-corrected chi connectivity index (χ0v) is 24.2. The van der Waals surface area contributed by atoms with E-state index in [1.165, 1.54) is 34.9 Å². The summed E-state index contributed by atoms with van der Waals surface area (Å²) in [4.78, 5) is 44.8. The maximum atomic E-state index is 14.3. The van der Waals surface area contributed by atoms with E-state index in [1.807, 2.05) is 0 Å². The summed E-state index contributed by atoms with van der Waals surface area (Å²) in [5.74, 6) is -2.94. The largest absolute Gasteiger partial charge is 0.506 e. The van der Waals surface area contributed by atoms with Gasteiger partial charge in [0, 0.05) is 27.1 Å². The minimum atomic E-state index is -1.80. The Kier molecular flexibility index (Phi) is 6.31. The van der Waals surface area contributed by atoms with E-state index in [4.69, 9.17) is 4.74 Å². The second-order valence-corrected chi connectivity index (χ2v) is 11.6. The lowest BCUT2D eigenvalue weighted by molar-refractivity contribution is -0.249. The predicted molar refractivity (Wildman–Crippen MR) is 166 cm³/mol. The van der Waals surface area contributed by atoms with Crippen molar-refractivity contribution >= 4 is 61.3 Å². The van der Waals surface area contributed by atoms with Crippen molar-refractivity contribution in [3.63, 3.8) is 0 Å². The van der Waals surface area contributed by atoms with E-state index in [0.29, 0.717) is 10.4 Å². The predicted octanol–water partition coefficient (Wildman–Crippen LogP) is 1.75. The number of imide groups is 1. The number of hydrazine groups is 1. The first kappa shape index (κ1) is 28.9. The van der Waals surface area contributed by atoms with E-state index >= 15 is 0 Å². The maximum absolute atomic E-state index is 14.3. The fourth-order valence-corrected chi connectivity index (χ4v) is 6.88. The van der Waals surface area contributed by atoms with Crippen molar-refractivity contribution in [1.82, 2.24) is 20.0 Å². The van der Waals surface area contributed by atoms with E-state index in [0.717, 1.165) is 0 Å². The molecule has 0 saturated carbocycles. The Morgan fingerprint density at radius 2 is 1.43 bits per heavy atom. The van der Waals surface area contributed by atoms with Crippen LogP contribution in [-0.2, 0) is 4.74 Å². The number of aromatic nitrogens is 2. The van der Waals surface area contributed by atoms with E-state index < -0.39 is 55.0 Å². The van der Waals surface area contributed by atoms with Gasteiger partial charge in [-0.15, -0.1) is 0 Å². The third-order valence-electron chi connectivity index (χ3n) is 9.01. The molecule has 1 saturated heterocycles. The number of benzene rings is 4. The molecule has 0 radical (unpaired) electrons. The number of nitrogens with zero attached hydrogens (tertiary/aromatic N) is 2. The lowest BCUT2D eigenvalue weighted by Gasteiger charge is -2.41. The summed E-state index contributed by atoms with van der Waals surface area (Å²) in [6, 6.07) is 17.0. The van der Waals surface area contributed by atoms with Gasteiger partial charge in [0.25, 0.3) is 17.7 Å². The number of rotatable bonds is 4. The van der Waals surface area contributed by atoms with Gasteiger partial charge in [0.1, 0.15) is 35.9 Å². The normalized spacial score (nSPS) is 23.0. The monoisotopic (exact) mass is 638 g/mol. The number of aliphatic hydroxyl groups is 4. The molecule has 3 amide bonds. The second-order valence-electron chi connectivity index (χ2n) is 11.6. The second kappa shape index (κ2) is 10.2. The Labute approximate surface area is 263 Å². The highest BCUT2D eigenvalue weighted by Gasteiger charge is 2.48. The summed E-state index contributed by atoms with van der Waals surface area (Å²) in [5, 5.41) is 66.1. The Morgan fingerprint density at radius 3 is 2.13 bits per heavy atom. The summed E-state index contributed by atoms with van der Waals surface area (Å²) in [5.41, 5.74) is 2.96. The van der Waals surface area contributed by atoms with Crippen LogP contribution in [0.25, 0.3) is 43.6 Å². The number of aromatic amines is 1. The highest BCUT2D eigenvalue weighted by Crippen LogP contribution is 2.49. The fourth-order valence-electron chi connectivity index (χ4n) is 6.88. The van der Waals surface area contributed by atoms with Gasteiger partial charge in [0.05, 0.1) is 39.8 Å².